The van der Waals surface area contributed by atoms with Crippen LogP contribution in [0.4, 0.5) is 0 Å². The second-order valence-electron chi connectivity index (χ2n) is 4.67. The van der Waals surface area contributed by atoms with Crippen molar-refractivity contribution in [1.82, 2.24) is 5.32 Å². The maximum atomic E-state index is 5.99. The number of benzene rings is 1. The van der Waals surface area contributed by atoms with Gasteiger partial charge in [0.25, 0.3) is 0 Å². The van der Waals surface area contributed by atoms with Crippen molar-refractivity contribution in [3.8, 4) is 0 Å². The number of nitrogens with one attached hydrogen (secondary N) is 1. The molecule has 1 unspecified atom stereocenters. The molecule has 94 valence electrons. The lowest BCUT2D eigenvalue weighted by molar-refractivity contribution is 0.0156. The van der Waals surface area contributed by atoms with Crippen LogP contribution < -0.4 is 5.32 Å². The van der Waals surface area contributed by atoms with Crippen LogP contribution in [0.3, 0.4) is 0 Å². The summed E-state index contributed by atoms with van der Waals surface area (Å²) in [4.78, 5) is 0. The molecule has 0 aliphatic carbocycles. The molecule has 0 radical (unpaired) electrons. The van der Waals surface area contributed by atoms with Crippen molar-refractivity contribution in [2.24, 2.45) is 0 Å². The minimum absolute atomic E-state index is 0.319. The van der Waals surface area contributed by atoms with Crippen LogP contribution >= 0.6 is 11.6 Å². The second kappa shape index (κ2) is 6.39. The van der Waals surface area contributed by atoms with Crippen LogP contribution in [0.1, 0.15) is 37.8 Å². The summed E-state index contributed by atoms with van der Waals surface area (Å²) in [5, 5.41) is 4.31. The number of halogens is 1. The number of ether oxygens (including phenoxy) is 1. The summed E-state index contributed by atoms with van der Waals surface area (Å²) >= 11 is 5.99. The van der Waals surface area contributed by atoms with Crippen LogP contribution in [-0.2, 0) is 4.74 Å². The summed E-state index contributed by atoms with van der Waals surface area (Å²) in [7, 11) is 0. The van der Waals surface area contributed by atoms with Crippen molar-refractivity contribution >= 4 is 11.6 Å². The van der Waals surface area contributed by atoms with Gasteiger partial charge in [-0.25, -0.2) is 0 Å². The van der Waals surface area contributed by atoms with Gasteiger partial charge < -0.3 is 10.1 Å². The zero-order valence-corrected chi connectivity index (χ0v) is 11.0. The van der Waals surface area contributed by atoms with Crippen LogP contribution in [0, 0.1) is 0 Å². The monoisotopic (exact) mass is 253 g/mol. The highest BCUT2D eigenvalue weighted by Gasteiger charge is 2.14. The number of hydrogen-bond acceptors (Lipinski definition) is 2. The van der Waals surface area contributed by atoms with E-state index >= 15 is 0 Å². The smallest absolute Gasteiger partial charge is 0.0699 e. The second-order valence-corrected chi connectivity index (χ2v) is 5.11. The van der Waals surface area contributed by atoms with Gasteiger partial charge in [-0.2, -0.15) is 0 Å². The molecule has 2 nitrogen and oxygen atoms in total. The maximum Gasteiger partial charge on any atom is 0.0699 e. The zero-order chi connectivity index (χ0) is 12.1. The summed E-state index contributed by atoms with van der Waals surface area (Å²) in [6.45, 7) is 4.00. The minimum Gasteiger partial charge on any atom is -0.377 e. The topological polar surface area (TPSA) is 21.3 Å². The van der Waals surface area contributed by atoms with Gasteiger partial charge in [0, 0.05) is 24.2 Å². The molecule has 1 N–H and O–H groups in total. The molecule has 0 aromatic heterocycles. The Balaban J connectivity index is 1.82. The Hall–Kier alpha value is -0.570. The third-order valence-electron chi connectivity index (χ3n) is 3.27. The lowest BCUT2D eigenvalue weighted by Crippen LogP contribution is -2.33. The molecule has 17 heavy (non-hydrogen) atoms. The zero-order valence-electron chi connectivity index (χ0n) is 10.3. The first-order valence-corrected chi connectivity index (χ1v) is 6.74. The molecule has 1 aromatic carbocycles. The van der Waals surface area contributed by atoms with Crippen LogP contribution in [0.15, 0.2) is 24.3 Å². The first-order valence-electron chi connectivity index (χ1n) is 6.36. The fourth-order valence-electron chi connectivity index (χ4n) is 2.17. The van der Waals surface area contributed by atoms with Crippen LogP contribution in [0.5, 0.6) is 0 Å². The van der Waals surface area contributed by atoms with E-state index in [1.54, 1.807) is 0 Å². The van der Waals surface area contributed by atoms with Crippen molar-refractivity contribution in [3.63, 3.8) is 0 Å². The molecule has 2 rings (SSSR count). The molecule has 1 aliphatic heterocycles. The molecule has 1 aromatic rings. The number of rotatable bonds is 4. The van der Waals surface area contributed by atoms with Crippen molar-refractivity contribution in [2.75, 3.05) is 13.2 Å². The molecule has 2 atom stereocenters. The highest BCUT2D eigenvalue weighted by Crippen LogP contribution is 2.18. The lowest BCUT2D eigenvalue weighted by Gasteiger charge is -2.25. The molecule has 0 bridgehead atoms. The highest BCUT2D eigenvalue weighted by atomic mass is 35.5. The average Bonchev–Trinajstić information content (AvgIpc) is 2.37. The molecular formula is C14H20ClNO. The normalized spacial score (nSPS) is 22.4. The Morgan fingerprint density at radius 3 is 3.06 bits per heavy atom. The molecule has 1 fully saturated rings. The third-order valence-corrected chi connectivity index (χ3v) is 3.51. The van der Waals surface area contributed by atoms with Crippen molar-refractivity contribution in [2.45, 2.75) is 38.3 Å². The predicted octanol–water partition coefficient (Wildman–Crippen LogP) is 3.56. The largest absolute Gasteiger partial charge is 0.377 e. The molecule has 0 saturated carbocycles. The van der Waals surface area contributed by atoms with Crippen molar-refractivity contribution < 1.29 is 4.74 Å². The van der Waals surface area contributed by atoms with E-state index < -0.39 is 0 Å². The fourth-order valence-corrected chi connectivity index (χ4v) is 2.37. The molecule has 1 saturated heterocycles. The van der Waals surface area contributed by atoms with Gasteiger partial charge in [-0.05, 0) is 43.9 Å². The standard InChI is InChI=1S/C14H20ClNO/c1-11(12-5-4-6-13(15)9-12)16-10-14-7-2-3-8-17-14/h4-6,9,11,14,16H,2-3,7-8,10H2,1H3/t11-,14?/m0/s1. The predicted molar refractivity (Wildman–Crippen MR) is 71.5 cm³/mol. The molecule has 0 spiro atoms. The van der Waals surface area contributed by atoms with E-state index in [1.807, 2.05) is 18.2 Å². The third kappa shape index (κ3) is 3.98. The van der Waals surface area contributed by atoms with Gasteiger partial charge in [-0.15, -0.1) is 0 Å². The van der Waals surface area contributed by atoms with Gasteiger partial charge >= 0.3 is 0 Å². The maximum absolute atomic E-state index is 5.99. The summed E-state index contributed by atoms with van der Waals surface area (Å²) in [5.74, 6) is 0. The molecule has 1 aliphatic rings. The Morgan fingerprint density at radius 1 is 1.47 bits per heavy atom. The Morgan fingerprint density at radius 2 is 2.35 bits per heavy atom. The summed E-state index contributed by atoms with van der Waals surface area (Å²) in [5.41, 5.74) is 1.23. The summed E-state index contributed by atoms with van der Waals surface area (Å²) in [6.07, 6.45) is 4.05. The van der Waals surface area contributed by atoms with Crippen LogP contribution in [0.2, 0.25) is 5.02 Å². The van der Waals surface area contributed by atoms with Gasteiger partial charge in [-0.1, -0.05) is 23.7 Å². The molecular weight excluding hydrogens is 234 g/mol. The van der Waals surface area contributed by atoms with E-state index in [0.29, 0.717) is 12.1 Å². The van der Waals surface area contributed by atoms with E-state index in [9.17, 15) is 0 Å². The fraction of sp³-hybridized carbons (Fsp3) is 0.571. The average molecular weight is 254 g/mol. The SMILES string of the molecule is C[C@H](NCC1CCCCO1)c1cccc(Cl)c1. The Kier molecular flexibility index (Phi) is 4.84. The highest BCUT2D eigenvalue weighted by molar-refractivity contribution is 6.30. The van der Waals surface area contributed by atoms with E-state index in [-0.39, 0.29) is 0 Å². The first-order chi connectivity index (χ1) is 8.25. The van der Waals surface area contributed by atoms with E-state index in [4.69, 9.17) is 16.3 Å². The number of hydrogen-bond donors (Lipinski definition) is 1. The molecule has 1 heterocycles. The van der Waals surface area contributed by atoms with Gasteiger partial charge in [-0.3, -0.25) is 0 Å². The van der Waals surface area contributed by atoms with Gasteiger partial charge in [0.2, 0.25) is 0 Å². The Bertz CT molecular complexity index is 350. The quantitative estimate of drug-likeness (QED) is 0.886. The van der Waals surface area contributed by atoms with Crippen LogP contribution in [-0.4, -0.2) is 19.3 Å². The summed E-state index contributed by atoms with van der Waals surface area (Å²) < 4.78 is 5.70. The Labute approximate surface area is 108 Å². The first kappa shape index (κ1) is 12.9. The summed E-state index contributed by atoms with van der Waals surface area (Å²) in [6, 6.07) is 8.33. The van der Waals surface area contributed by atoms with E-state index in [2.05, 4.69) is 18.3 Å². The van der Waals surface area contributed by atoms with Gasteiger partial charge in [0.15, 0.2) is 0 Å². The molecule has 0 amide bonds. The lowest BCUT2D eigenvalue weighted by atomic mass is 10.1. The van der Waals surface area contributed by atoms with Crippen LogP contribution in [0.25, 0.3) is 0 Å². The van der Waals surface area contributed by atoms with Gasteiger partial charge in [0.1, 0.15) is 0 Å². The van der Waals surface area contributed by atoms with Crippen molar-refractivity contribution in [1.29, 1.82) is 0 Å². The van der Waals surface area contributed by atoms with E-state index in [1.165, 1.54) is 24.8 Å². The minimum atomic E-state index is 0.319. The van der Waals surface area contributed by atoms with E-state index in [0.717, 1.165) is 18.2 Å². The van der Waals surface area contributed by atoms with Gasteiger partial charge in [0.05, 0.1) is 6.10 Å². The molecule has 3 heteroatoms. The van der Waals surface area contributed by atoms with Crippen molar-refractivity contribution in [3.05, 3.63) is 34.9 Å².